The SMILES string of the molecule is Cc1cnccc1N1CCCN(C(=O)c2ccccc2C2CCNC2)CC1. The normalized spacial score (nSPS) is 20.6. The quantitative estimate of drug-likeness (QED) is 0.910. The fourth-order valence-corrected chi connectivity index (χ4v) is 4.32. The van der Waals surface area contributed by atoms with Gasteiger partial charge in [0.05, 0.1) is 0 Å². The summed E-state index contributed by atoms with van der Waals surface area (Å²) >= 11 is 0. The zero-order chi connectivity index (χ0) is 18.6. The van der Waals surface area contributed by atoms with Crippen molar-refractivity contribution in [3.05, 3.63) is 59.4 Å². The lowest BCUT2D eigenvalue weighted by Gasteiger charge is -2.25. The molecule has 2 aliphatic heterocycles. The van der Waals surface area contributed by atoms with Crippen molar-refractivity contribution in [1.82, 2.24) is 15.2 Å². The third-order valence-electron chi connectivity index (χ3n) is 5.81. The Kier molecular flexibility index (Phi) is 5.39. The first-order chi connectivity index (χ1) is 13.2. The van der Waals surface area contributed by atoms with Crippen molar-refractivity contribution >= 4 is 11.6 Å². The van der Waals surface area contributed by atoms with Gasteiger partial charge in [0, 0.05) is 56.4 Å². The number of benzene rings is 1. The Labute approximate surface area is 161 Å². The minimum atomic E-state index is 0.186. The number of pyridine rings is 1. The number of nitrogens with one attached hydrogen (secondary N) is 1. The highest BCUT2D eigenvalue weighted by molar-refractivity contribution is 5.96. The van der Waals surface area contributed by atoms with E-state index in [4.69, 9.17) is 0 Å². The van der Waals surface area contributed by atoms with E-state index in [2.05, 4.69) is 40.3 Å². The summed E-state index contributed by atoms with van der Waals surface area (Å²) in [6.45, 7) is 7.53. The molecule has 1 aromatic heterocycles. The van der Waals surface area contributed by atoms with Crippen LogP contribution in [0, 0.1) is 6.92 Å². The highest BCUT2D eigenvalue weighted by Gasteiger charge is 2.26. The molecule has 0 saturated carbocycles. The van der Waals surface area contributed by atoms with E-state index < -0.39 is 0 Å². The molecule has 0 spiro atoms. The number of aromatic nitrogens is 1. The van der Waals surface area contributed by atoms with Crippen LogP contribution in [0.2, 0.25) is 0 Å². The number of aryl methyl sites for hydroxylation is 1. The van der Waals surface area contributed by atoms with Gasteiger partial charge in [0.15, 0.2) is 0 Å². The van der Waals surface area contributed by atoms with Crippen molar-refractivity contribution < 1.29 is 4.79 Å². The Hall–Kier alpha value is -2.40. The number of rotatable bonds is 3. The predicted molar refractivity (Wildman–Crippen MR) is 108 cm³/mol. The summed E-state index contributed by atoms with van der Waals surface area (Å²) < 4.78 is 0. The Morgan fingerprint density at radius 2 is 2.04 bits per heavy atom. The van der Waals surface area contributed by atoms with Crippen LogP contribution in [0.1, 0.15) is 40.2 Å². The molecule has 2 aromatic rings. The number of hydrogen-bond acceptors (Lipinski definition) is 4. The maximum absolute atomic E-state index is 13.3. The lowest BCUT2D eigenvalue weighted by atomic mass is 9.93. The fraction of sp³-hybridized carbons (Fsp3) is 0.455. The summed E-state index contributed by atoms with van der Waals surface area (Å²) in [6, 6.07) is 10.3. The van der Waals surface area contributed by atoms with E-state index in [1.165, 1.54) is 16.8 Å². The molecule has 3 heterocycles. The van der Waals surface area contributed by atoms with E-state index in [-0.39, 0.29) is 5.91 Å². The maximum Gasteiger partial charge on any atom is 0.254 e. The van der Waals surface area contributed by atoms with E-state index in [1.54, 1.807) is 0 Å². The average molecular weight is 364 g/mol. The summed E-state index contributed by atoms with van der Waals surface area (Å²) in [7, 11) is 0. The molecule has 0 aliphatic carbocycles. The minimum Gasteiger partial charge on any atom is -0.369 e. The summed E-state index contributed by atoms with van der Waals surface area (Å²) in [5, 5.41) is 3.42. The van der Waals surface area contributed by atoms with Crippen LogP contribution in [0.4, 0.5) is 5.69 Å². The van der Waals surface area contributed by atoms with Crippen LogP contribution < -0.4 is 10.2 Å². The first kappa shape index (κ1) is 18.0. The lowest BCUT2D eigenvalue weighted by Crippen LogP contribution is -2.36. The molecular weight excluding hydrogens is 336 g/mol. The topological polar surface area (TPSA) is 48.5 Å². The molecule has 1 aromatic carbocycles. The second-order valence-corrected chi connectivity index (χ2v) is 7.57. The molecule has 2 fully saturated rings. The first-order valence-corrected chi connectivity index (χ1v) is 9.98. The molecule has 1 N–H and O–H groups in total. The molecule has 1 atom stereocenters. The molecule has 4 rings (SSSR count). The molecule has 1 amide bonds. The second kappa shape index (κ2) is 8.09. The van der Waals surface area contributed by atoms with E-state index >= 15 is 0 Å². The number of anilines is 1. The van der Waals surface area contributed by atoms with Crippen LogP contribution >= 0.6 is 0 Å². The average Bonchev–Trinajstić information content (AvgIpc) is 3.13. The van der Waals surface area contributed by atoms with Crippen molar-refractivity contribution in [1.29, 1.82) is 0 Å². The largest absolute Gasteiger partial charge is 0.369 e. The molecular formula is C22H28N4O. The fourth-order valence-electron chi connectivity index (χ4n) is 4.32. The summed E-state index contributed by atoms with van der Waals surface area (Å²) in [6.07, 6.45) is 5.86. The van der Waals surface area contributed by atoms with Gasteiger partial charge in [0.2, 0.25) is 0 Å². The van der Waals surface area contributed by atoms with Crippen LogP contribution in [0.15, 0.2) is 42.7 Å². The van der Waals surface area contributed by atoms with Gasteiger partial charge in [0.1, 0.15) is 0 Å². The highest BCUT2D eigenvalue weighted by Crippen LogP contribution is 2.27. The first-order valence-electron chi connectivity index (χ1n) is 9.98. The molecule has 142 valence electrons. The van der Waals surface area contributed by atoms with Gasteiger partial charge < -0.3 is 15.1 Å². The van der Waals surface area contributed by atoms with Crippen molar-refractivity contribution in [3.8, 4) is 0 Å². The van der Waals surface area contributed by atoms with Gasteiger partial charge in [-0.1, -0.05) is 18.2 Å². The minimum absolute atomic E-state index is 0.186. The monoisotopic (exact) mass is 364 g/mol. The van der Waals surface area contributed by atoms with Gasteiger partial charge in [-0.3, -0.25) is 9.78 Å². The molecule has 1 unspecified atom stereocenters. The van der Waals surface area contributed by atoms with E-state index in [1.807, 2.05) is 29.4 Å². The Morgan fingerprint density at radius 1 is 1.15 bits per heavy atom. The molecule has 5 nitrogen and oxygen atoms in total. The van der Waals surface area contributed by atoms with Crippen LogP contribution in [0.3, 0.4) is 0 Å². The molecule has 2 saturated heterocycles. The van der Waals surface area contributed by atoms with Crippen molar-refractivity contribution in [3.63, 3.8) is 0 Å². The molecule has 2 aliphatic rings. The zero-order valence-electron chi connectivity index (χ0n) is 16.0. The van der Waals surface area contributed by atoms with E-state index in [0.29, 0.717) is 5.92 Å². The maximum atomic E-state index is 13.3. The van der Waals surface area contributed by atoms with Gasteiger partial charge >= 0.3 is 0 Å². The van der Waals surface area contributed by atoms with Crippen LogP contribution in [-0.4, -0.2) is 55.1 Å². The number of amides is 1. The summed E-state index contributed by atoms with van der Waals surface area (Å²) in [5.74, 6) is 0.638. The standard InChI is InChI=1S/C22H28N4O/c1-17-15-23-10-8-21(17)25-11-4-12-26(14-13-25)22(27)20-6-3-2-5-19(20)18-7-9-24-16-18/h2-3,5-6,8,10,15,18,24H,4,7,9,11-14,16H2,1H3. The predicted octanol–water partition coefficient (Wildman–Crippen LogP) is 2.82. The number of hydrogen-bond donors (Lipinski definition) is 1. The highest BCUT2D eigenvalue weighted by atomic mass is 16.2. The van der Waals surface area contributed by atoms with Gasteiger partial charge in [-0.05, 0) is 55.5 Å². The zero-order valence-corrected chi connectivity index (χ0v) is 16.0. The van der Waals surface area contributed by atoms with Gasteiger partial charge in [-0.25, -0.2) is 0 Å². The van der Waals surface area contributed by atoms with Crippen LogP contribution in [-0.2, 0) is 0 Å². The van der Waals surface area contributed by atoms with Crippen molar-refractivity contribution in [2.45, 2.75) is 25.7 Å². The van der Waals surface area contributed by atoms with Crippen LogP contribution in [0.25, 0.3) is 0 Å². The molecule has 27 heavy (non-hydrogen) atoms. The smallest absolute Gasteiger partial charge is 0.254 e. The molecule has 0 radical (unpaired) electrons. The van der Waals surface area contributed by atoms with Crippen molar-refractivity contribution in [2.24, 2.45) is 0 Å². The van der Waals surface area contributed by atoms with Gasteiger partial charge in [-0.2, -0.15) is 0 Å². The summed E-state index contributed by atoms with van der Waals surface area (Å²) in [5.41, 5.74) is 4.52. The number of carbonyl (C=O) groups is 1. The lowest BCUT2D eigenvalue weighted by molar-refractivity contribution is 0.0765. The van der Waals surface area contributed by atoms with E-state index in [0.717, 1.165) is 57.7 Å². The molecule has 0 bridgehead atoms. The Balaban J connectivity index is 1.50. The third kappa shape index (κ3) is 3.83. The van der Waals surface area contributed by atoms with E-state index in [9.17, 15) is 4.79 Å². The summed E-state index contributed by atoms with van der Waals surface area (Å²) in [4.78, 5) is 21.9. The van der Waals surface area contributed by atoms with Gasteiger partial charge in [-0.15, -0.1) is 0 Å². The number of carbonyl (C=O) groups excluding carboxylic acids is 1. The molecule has 5 heteroatoms. The Bertz CT molecular complexity index is 800. The van der Waals surface area contributed by atoms with Crippen molar-refractivity contribution in [2.75, 3.05) is 44.2 Å². The van der Waals surface area contributed by atoms with Gasteiger partial charge in [0.25, 0.3) is 5.91 Å². The Morgan fingerprint density at radius 3 is 2.85 bits per heavy atom. The van der Waals surface area contributed by atoms with Crippen LogP contribution in [0.5, 0.6) is 0 Å². The number of nitrogens with zero attached hydrogens (tertiary/aromatic N) is 3. The third-order valence-corrected chi connectivity index (χ3v) is 5.81. The second-order valence-electron chi connectivity index (χ2n) is 7.57.